The zero-order valence-electron chi connectivity index (χ0n) is 17.1. The molecular weight excluding hydrogens is 364 g/mol. The Bertz CT molecular complexity index is 1110. The number of nitrogens with zero attached hydrogens (tertiary/aromatic N) is 1. The van der Waals surface area contributed by atoms with Gasteiger partial charge in [-0.15, -0.1) is 0 Å². The van der Waals surface area contributed by atoms with E-state index in [4.69, 9.17) is 9.47 Å². The average molecular weight is 388 g/mol. The van der Waals surface area contributed by atoms with Crippen molar-refractivity contribution < 1.29 is 9.47 Å². The first-order valence-electron chi connectivity index (χ1n) is 9.47. The minimum Gasteiger partial charge on any atom is -0.496 e. The van der Waals surface area contributed by atoms with Gasteiger partial charge in [-0.05, 0) is 54.3 Å². The molecule has 0 atom stereocenters. The molecule has 148 valence electrons. The summed E-state index contributed by atoms with van der Waals surface area (Å²) in [5.74, 6) is 1.92. The van der Waals surface area contributed by atoms with Crippen molar-refractivity contribution in [3.8, 4) is 28.7 Å². The number of hydrogen-bond donors (Lipinski definition) is 1. The standard InChI is InChI=1S/C24H24N2O3/c1-15(2)17-5-8-20(9-6-17)29-14-19-12-18(7-10-23(19)28-4)21-11-16(3)26-24(27)22(21)13-25/h5-12,15H,14H2,1-4H3,(H,26,27). The monoisotopic (exact) mass is 388 g/mol. The van der Waals surface area contributed by atoms with Gasteiger partial charge >= 0.3 is 0 Å². The molecule has 3 aromatic rings. The number of pyridine rings is 1. The van der Waals surface area contributed by atoms with Crippen LogP contribution in [0.2, 0.25) is 0 Å². The van der Waals surface area contributed by atoms with E-state index in [2.05, 4.69) is 31.0 Å². The van der Waals surface area contributed by atoms with Crippen LogP contribution in [-0.4, -0.2) is 12.1 Å². The number of H-pyrrole nitrogens is 1. The van der Waals surface area contributed by atoms with E-state index in [1.54, 1.807) is 20.1 Å². The molecule has 1 heterocycles. The highest BCUT2D eigenvalue weighted by molar-refractivity contribution is 5.71. The first kappa shape index (κ1) is 20.2. The average Bonchev–Trinajstić information content (AvgIpc) is 2.71. The highest BCUT2D eigenvalue weighted by atomic mass is 16.5. The summed E-state index contributed by atoms with van der Waals surface area (Å²) in [5.41, 5.74) is 3.86. The molecule has 3 rings (SSSR count). The van der Waals surface area contributed by atoms with Crippen LogP contribution in [-0.2, 0) is 6.61 Å². The molecule has 0 bridgehead atoms. The Morgan fingerprint density at radius 1 is 1.10 bits per heavy atom. The van der Waals surface area contributed by atoms with Crippen molar-refractivity contribution in [2.24, 2.45) is 0 Å². The van der Waals surface area contributed by atoms with E-state index < -0.39 is 0 Å². The molecule has 0 fully saturated rings. The maximum atomic E-state index is 12.1. The number of aryl methyl sites for hydroxylation is 1. The lowest BCUT2D eigenvalue weighted by Gasteiger charge is -2.14. The van der Waals surface area contributed by atoms with Crippen LogP contribution in [0.5, 0.6) is 11.5 Å². The topological polar surface area (TPSA) is 75.1 Å². The lowest BCUT2D eigenvalue weighted by atomic mass is 9.99. The maximum Gasteiger partial charge on any atom is 0.266 e. The molecule has 0 saturated carbocycles. The number of aromatic amines is 1. The quantitative estimate of drug-likeness (QED) is 0.649. The third-order valence-electron chi connectivity index (χ3n) is 4.81. The minimum absolute atomic E-state index is 0.0944. The van der Waals surface area contributed by atoms with Gasteiger partial charge in [-0.2, -0.15) is 5.26 Å². The van der Waals surface area contributed by atoms with E-state index in [1.807, 2.05) is 36.4 Å². The van der Waals surface area contributed by atoms with Gasteiger partial charge in [0.15, 0.2) is 0 Å². The molecule has 0 unspecified atom stereocenters. The summed E-state index contributed by atoms with van der Waals surface area (Å²) in [6, 6.07) is 17.4. The Morgan fingerprint density at radius 3 is 2.45 bits per heavy atom. The van der Waals surface area contributed by atoms with E-state index >= 15 is 0 Å². The number of benzene rings is 2. The number of nitriles is 1. The molecule has 1 N–H and O–H groups in total. The second-order valence-electron chi connectivity index (χ2n) is 7.22. The summed E-state index contributed by atoms with van der Waals surface area (Å²) in [5, 5.41) is 9.42. The molecule has 5 heteroatoms. The molecule has 1 aromatic heterocycles. The fraction of sp³-hybridized carbons (Fsp3) is 0.250. The van der Waals surface area contributed by atoms with Gasteiger partial charge in [-0.1, -0.05) is 32.0 Å². The molecule has 0 aliphatic heterocycles. The third-order valence-corrected chi connectivity index (χ3v) is 4.81. The number of rotatable bonds is 6. The number of ether oxygens (including phenoxy) is 2. The molecule has 0 aliphatic rings. The van der Waals surface area contributed by atoms with E-state index in [0.717, 1.165) is 16.9 Å². The van der Waals surface area contributed by atoms with Crippen LogP contribution >= 0.6 is 0 Å². The molecule has 2 aromatic carbocycles. The van der Waals surface area contributed by atoms with E-state index in [-0.39, 0.29) is 11.1 Å². The fourth-order valence-corrected chi connectivity index (χ4v) is 3.20. The number of aromatic nitrogens is 1. The summed E-state index contributed by atoms with van der Waals surface area (Å²) in [6.07, 6.45) is 0. The van der Waals surface area contributed by atoms with Gasteiger partial charge in [0.05, 0.1) is 7.11 Å². The van der Waals surface area contributed by atoms with Crippen LogP contribution < -0.4 is 15.0 Å². The summed E-state index contributed by atoms with van der Waals surface area (Å²) in [6.45, 7) is 6.40. The lowest BCUT2D eigenvalue weighted by molar-refractivity contribution is 0.296. The van der Waals surface area contributed by atoms with Crippen LogP contribution in [0.15, 0.2) is 53.3 Å². The molecule has 29 heavy (non-hydrogen) atoms. The van der Waals surface area contributed by atoms with Gasteiger partial charge in [-0.3, -0.25) is 4.79 Å². The van der Waals surface area contributed by atoms with Gasteiger partial charge in [-0.25, -0.2) is 0 Å². The lowest BCUT2D eigenvalue weighted by Crippen LogP contribution is -2.12. The first-order valence-corrected chi connectivity index (χ1v) is 9.47. The zero-order valence-corrected chi connectivity index (χ0v) is 17.1. The Hall–Kier alpha value is -3.52. The Balaban J connectivity index is 1.92. The molecule has 5 nitrogen and oxygen atoms in total. The van der Waals surface area contributed by atoms with E-state index in [1.165, 1.54) is 5.56 Å². The summed E-state index contributed by atoms with van der Waals surface area (Å²) in [7, 11) is 1.61. The second kappa shape index (κ2) is 8.66. The Morgan fingerprint density at radius 2 is 1.83 bits per heavy atom. The number of nitrogens with one attached hydrogen (secondary N) is 1. The van der Waals surface area contributed by atoms with Crippen molar-refractivity contribution in [1.29, 1.82) is 5.26 Å². The highest BCUT2D eigenvalue weighted by Crippen LogP contribution is 2.29. The Kier molecular flexibility index (Phi) is 6.04. The largest absolute Gasteiger partial charge is 0.496 e. The first-order chi connectivity index (χ1) is 13.9. The maximum absolute atomic E-state index is 12.1. The molecule has 0 saturated heterocycles. The number of hydrogen-bond acceptors (Lipinski definition) is 4. The van der Waals surface area contributed by atoms with E-state index in [0.29, 0.717) is 29.5 Å². The van der Waals surface area contributed by atoms with Crippen LogP contribution in [0.25, 0.3) is 11.1 Å². The van der Waals surface area contributed by atoms with Gasteiger partial charge in [0, 0.05) is 16.8 Å². The van der Waals surface area contributed by atoms with Crippen molar-refractivity contribution in [1.82, 2.24) is 4.98 Å². The zero-order chi connectivity index (χ0) is 21.0. The molecule has 0 spiro atoms. The SMILES string of the molecule is COc1ccc(-c2cc(C)[nH]c(=O)c2C#N)cc1COc1ccc(C(C)C)cc1. The van der Waals surface area contributed by atoms with Gasteiger partial charge < -0.3 is 14.5 Å². The predicted octanol–water partition coefficient (Wildman–Crippen LogP) is 4.93. The van der Waals surface area contributed by atoms with Gasteiger partial charge in [0.1, 0.15) is 29.7 Å². The molecular formula is C24H24N2O3. The van der Waals surface area contributed by atoms with Gasteiger partial charge in [0.2, 0.25) is 0 Å². The summed E-state index contributed by atoms with van der Waals surface area (Å²) >= 11 is 0. The molecule has 0 amide bonds. The number of methoxy groups -OCH3 is 1. The molecule has 0 aliphatic carbocycles. The van der Waals surface area contributed by atoms with Crippen LogP contribution in [0.1, 0.15) is 42.1 Å². The normalized spacial score (nSPS) is 10.6. The van der Waals surface area contributed by atoms with Crippen molar-refractivity contribution in [3.05, 3.63) is 81.3 Å². The van der Waals surface area contributed by atoms with Crippen molar-refractivity contribution in [2.45, 2.75) is 33.3 Å². The highest BCUT2D eigenvalue weighted by Gasteiger charge is 2.13. The van der Waals surface area contributed by atoms with Crippen LogP contribution in [0.3, 0.4) is 0 Å². The van der Waals surface area contributed by atoms with Crippen LogP contribution in [0.4, 0.5) is 0 Å². The minimum atomic E-state index is -0.388. The van der Waals surface area contributed by atoms with Gasteiger partial charge in [0.25, 0.3) is 5.56 Å². The second-order valence-corrected chi connectivity index (χ2v) is 7.22. The molecule has 0 radical (unpaired) electrons. The van der Waals surface area contributed by atoms with Crippen molar-refractivity contribution >= 4 is 0 Å². The third kappa shape index (κ3) is 4.49. The smallest absolute Gasteiger partial charge is 0.266 e. The predicted molar refractivity (Wildman–Crippen MR) is 113 cm³/mol. The van der Waals surface area contributed by atoms with Crippen molar-refractivity contribution in [2.75, 3.05) is 7.11 Å². The summed E-state index contributed by atoms with van der Waals surface area (Å²) < 4.78 is 11.4. The summed E-state index contributed by atoms with van der Waals surface area (Å²) in [4.78, 5) is 14.8. The Labute approximate surface area is 170 Å². The van der Waals surface area contributed by atoms with Crippen molar-refractivity contribution in [3.63, 3.8) is 0 Å². The van der Waals surface area contributed by atoms with E-state index in [9.17, 15) is 10.1 Å². The fourth-order valence-electron chi connectivity index (χ4n) is 3.20. The van der Waals surface area contributed by atoms with Crippen LogP contribution in [0, 0.1) is 18.3 Å².